The van der Waals surface area contributed by atoms with Crippen LogP contribution in [0.1, 0.15) is 33.6 Å². The van der Waals surface area contributed by atoms with Gasteiger partial charge in [-0.25, -0.2) is 4.98 Å². The maximum atomic E-state index is 13.3. The fourth-order valence-corrected chi connectivity index (χ4v) is 5.40. The number of likely N-dealkylation sites (tertiary alicyclic amines) is 1. The molecule has 0 saturated carbocycles. The summed E-state index contributed by atoms with van der Waals surface area (Å²) in [6.45, 7) is 3.22. The number of carbonyl (C=O) groups is 2. The van der Waals surface area contributed by atoms with E-state index in [2.05, 4.69) is 20.5 Å². The molecule has 12 heteroatoms. The van der Waals surface area contributed by atoms with Crippen LogP contribution in [-0.2, 0) is 11.3 Å². The number of amides is 2. The number of anilines is 2. The predicted octanol–water partition coefficient (Wildman–Crippen LogP) is 5.54. The summed E-state index contributed by atoms with van der Waals surface area (Å²) in [5, 5.41) is 16.3. The van der Waals surface area contributed by atoms with Gasteiger partial charge in [-0.1, -0.05) is 35.3 Å². The number of ether oxygens (including phenoxy) is 1. The van der Waals surface area contributed by atoms with Gasteiger partial charge < -0.3 is 29.9 Å². The molecule has 1 aliphatic heterocycles. The quantitative estimate of drug-likeness (QED) is 0.206. The molecule has 5 rings (SSSR count). The van der Waals surface area contributed by atoms with E-state index in [9.17, 15) is 19.5 Å². The van der Waals surface area contributed by atoms with Gasteiger partial charge in [0.05, 0.1) is 22.4 Å². The highest BCUT2D eigenvalue weighted by Crippen LogP contribution is 2.33. The Balaban J connectivity index is 1.28. The number of rotatable bonds is 9. The van der Waals surface area contributed by atoms with Gasteiger partial charge in [0.1, 0.15) is 11.6 Å². The molecule has 2 aromatic heterocycles. The molecule has 4 aromatic rings. The summed E-state index contributed by atoms with van der Waals surface area (Å²) >= 11 is 12.0. The molecule has 1 saturated heterocycles. The number of piperidine rings is 1. The van der Waals surface area contributed by atoms with E-state index in [1.807, 2.05) is 6.07 Å². The molecule has 0 bridgehead atoms. The van der Waals surface area contributed by atoms with Crippen LogP contribution in [0, 0.1) is 0 Å². The van der Waals surface area contributed by atoms with Gasteiger partial charge in [-0.3, -0.25) is 14.4 Å². The van der Waals surface area contributed by atoms with E-state index < -0.39 is 11.8 Å². The lowest BCUT2D eigenvalue weighted by molar-refractivity contribution is 0.0401. The van der Waals surface area contributed by atoms with E-state index >= 15 is 0 Å². The van der Waals surface area contributed by atoms with E-state index in [0.717, 1.165) is 32.5 Å². The molecule has 3 N–H and O–H groups in total. The van der Waals surface area contributed by atoms with Crippen molar-refractivity contribution < 1.29 is 19.4 Å². The standard InChI is InChI=1S/C32H31Cl2N5O5/c1-44-24-10-13-38(14-11-24)15-16-39-12-2-3-25(32(39)43)20-4-6-21(7-5-20)30(41)37-29-26(17-23(34)18-27(29)40)31(42)36-28-9-8-22(33)19-35-28/h2-9,12,17-19,24,40H,10-11,13-16H2,1H3,(H,37,41)(H,35,36,42). The summed E-state index contributed by atoms with van der Waals surface area (Å²) in [5.41, 5.74) is 1.13. The second-order valence-corrected chi connectivity index (χ2v) is 11.3. The highest BCUT2D eigenvalue weighted by Gasteiger charge is 2.21. The van der Waals surface area contributed by atoms with Gasteiger partial charge in [0.15, 0.2) is 0 Å². The maximum absolute atomic E-state index is 13.3. The van der Waals surface area contributed by atoms with Crippen LogP contribution in [0.25, 0.3) is 11.1 Å². The molecular weight excluding hydrogens is 605 g/mol. The number of nitrogens with zero attached hydrogens (tertiary/aromatic N) is 3. The largest absolute Gasteiger partial charge is 0.506 e. The summed E-state index contributed by atoms with van der Waals surface area (Å²) in [7, 11) is 1.74. The summed E-state index contributed by atoms with van der Waals surface area (Å²) in [4.78, 5) is 45.8. The van der Waals surface area contributed by atoms with Gasteiger partial charge in [0.2, 0.25) is 0 Å². The smallest absolute Gasteiger partial charge is 0.259 e. The van der Waals surface area contributed by atoms with Gasteiger partial charge in [-0.2, -0.15) is 0 Å². The lowest BCUT2D eigenvalue weighted by Crippen LogP contribution is -2.39. The predicted molar refractivity (Wildman–Crippen MR) is 171 cm³/mol. The Bertz CT molecular complexity index is 1700. The van der Waals surface area contributed by atoms with Crippen molar-refractivity contribution >= 4 is 46.5 Å². The topological polar surface area (TPSA) is 126 Å². The molecular formula is C32H31Cl2N5O5. The Morgan fingerprint density at radius 2 is 1.73 bits per heavy atom. The molecule has 0 aliphatic carbocycles. The molecule has 1 fully saturated rings. The molecule has 228 valence electrons. The van der Waals surface area contributed by atoms with Crippen LogP contribution in [0.3, 0.4) is 0 Å². The average Bonchev–Trinajstić information content (AvgIpc) is 3.03. The monoisotopic (exact) mass is 635 g/mol. The van der Waals surface area contributed by atoms with Gasteiger partial charge in [0.25, 0.3) is 17.4 Å². The highest BCUT2D eigenvalue weighted by atomic mass is 35.5. The zero-order valence-corrected chi connectivity index (χ0v) is 25.4. The average molecular weight is 637 g/mol. The van der Waals surface area contributed by atoms with Gasteiger partial charge >= 0.3 is 0 Å². The number of carbonyl (C=O) groups excluding carboxylic acids is 2. The molecule has 1 aliphatic rings. The van der Waals surface area contributed by atoms with Crippen LogP contribution >= 0.6 is 23.2 Å². The Kier molecular flexibility index (Phi) is 9.96. The van der Waals surface area contributed by atoms with Crippen LogP contribution in [0.2, 0.25) is 10.0 Å². The molecule has 3 heterocycles. The lowest BCUT2D eigenvalue weighted by Gasteiger charge is -2.31. The van der Waals surface area contributed by atoms with Crippen LogP contribution in [0.5, 0.6) is 5.75 Å². The number of phenols is 1. The molecule has 0 radical (unpaired) electrons. The number of pyridine rings is 2. The van der Waals surface area contributed by atoms with E-state index in [0.29, 0.717) is 28.8 Å². The Labute approximate surface area is 264 Å². The van der Waals surface area contributed by atoms with Crippen LogP contribution in [-0.4, -0.2) is 64.2 Å². The number of benzene rings is 2. The van der Waals surface area contributed by atoms with Gasteiger partial charge in [-0.15, -0.1) is 0 Å². The number of hydrogen-bond acceptors (Lipinski definition) is 7. The van der Waals surface area contributed by atoms with Crippen molar-refractivity contribution in [1.29, 1.82) is 0 Å². The van der Waals surface area contributed by atoms with Crippen molar-refractivity contribution in [2.75, 3.05) is 37.4 Å². The number of aromatic nitrogens is 2. The first-order valence-electron chi connectivity index (χ1n) is 14.0. The Morgan fingerprint density at radius 3 is 2.41 bits per heavy atom. The molecule has 0 spiro atoms. The van der Waals surface area contributed by atoms with Crippen molar-refractivity contribution in [3.63, 3.8) is 0 Å². The normalized spacial score (nSPS) is 13.9. The minimum absolute atomic E-state index is 0.0652. The fraction of sp³-hybridized carbons (Fsp3) is 0.250. The molecule has 10 nitrogen and oxygen atoms in total. The first-order chi connectivity index (χ1) is 21.2. The third-order valence-corrected chi connectivity index (χ3v) is 7.98. The number of phenolic OH excluding ortho intramolecular Hbond substituents is 1. The van der Waals surface area contributed by atoms with E-state index in [4.69, 9.17) is 27.9 Å². The summed E-state index contributed by atoms with van der Waals surface area (Å²) < 4.78 is 7.14. The van der Waals surface area contributed by atoms with Crippen molar-refractivity contribution in [3.8, 4) is 16.9 Å². The zero-order chi connectivity index (χ0) is 31.2. The highest BCUT2D eigenvalue weighted by molar-refractivity contribution is 6.32. The van der Waals surface area contributed by atoms with Crippen molar-refractivity contribution in [3.05, 3.63) is 105 Å². The first kappa shape index (κ1) is 31.2. The second-order valence-electron chi connectivity index (χ2n) is 10.4. The van der Waals surface area contributed by atoms with Gasteiger partial charge in [-0.05, 0) is 60.9 Å². The Hall–Kier alpha value is -4.22. The number of halogens is 2. The number of methoxy groups -OCH3 is 1. The van der Waals surface area contributed by atoms with E-state index in [1.54, 1.807) is 54.3 Å². The van der Waals surface area contributed by atoms with Gasteiger partial charge in [0, 0.05) is 67.9 Å². The first-order valence-corrected chi connectivity index (χ1v) is 14.8. The lowest BCUT2D eigenvalue weighted by atomic mass is 10.0. The maximum Gasteiger partial charge on any atom is 0.259 e. The van der Waals surface area contributed by atoms with Crippen LogP contribution in [0.4, 0.5) is 11.5 Å². The van der Waals surface area contributed by atoms with Crippen molar-refractivity contribution in [2.24, 2.45) is 0 Å². The summed E-state index contributed by atoms with van der Waals surface area (Å²) in [5.74, 6) is -1.39. The minimum atomic E-state index is -0.650. The van der Waals surface area contributed by atoms with Crippen LogP contribution < -0.4 is 16.2 Å². The minimum Gasteiger partial charge on any atom is -0.506 e. The SMILES string of the molecule is COC1CCN(CCn2cccc(-c3ccc(C(=O)Nc4c(O)cc(Cl)cc4C(=O)Nc4ccc(Cl)cn4)cc3)c2=O)CC1. The molecule has 2 aromatic carbocycles. The third kappa shape index (κ3) is 7.46. The zero-order valence-electron chi connectivity index (χ0n) is 23.9. The fourth-order valence-electron chi connectivity index (χ4n) is 5.07. The third-order valence-electron chi connectivity index (χ3n) is 7.54. The second kappa shape index (κ2) is 14.0. The van der Waals surface area contributed by atoms with Crippen LogP contribution in [0.15, 0.2) is 77.9 Å². The molecule has 0 unspecified atom stereocenters. The number of hydrogen-bond donors (Lipinski definition) is 3. The Morgan fingerprint density at radius 1 is 0.977 bits per heavy atom. The number of nitrogens with one attached hydrogen (secondary N) is 2. The summed E-state index contributed by atoms with van der Waals surface area (Å²) in [6, 6.07) is 15.7. The van der Waals surface area contributed by atoms with Crippen molar-refractivity contribution in [2.45, 2.75) is 25.5 Å². The van der Waals surface area contributed by atoms with E-state index in [-0.39, 0.29) is 39.0 Å². The van der Waals surface area contributed by atoms with Crippen molar-refractivity contribution in [1.82, 2.24) is 14.5 Å². The molecule has 44 heavy (non-hydrogen) atoms. The molecule has 2 amide bonds. The molecule has 0 atom stereocenters. The number of aromatic hydroxyl groups is 1. The van der Waals surface area contributed by atoms with E-state index in [1.165, 1.54) is 24.4 Å². The summed E-state index contributed by atoms with van der Waals surface area (Å²) in [6.07, 6.45) is 5.43.